The van der Waals surface area contributed by atoms with Gasteiger partial charge in [-0.1, -0.05) is 345 Å². The van der Waals surface area contributed by atoms with Crippen molar-refractivity contribution in [3.63, 3.8) is 0 Å². The van der Waals surface area contributed by atoms with Crippen molar-refractivity contribution in [1.29, 1.82) is 0 Å². The molecule has 0 aliphatic rings. The minimum Gasteiger partial charge on any atom is -0.463 e. The van der Waals surface area contributed by atoms with Gasteiger partial charge in [0.25, 0.3) is 0 Å². The zero-order chi connectivity index (χ0) is 82.2. The predicted molar refractivity (Wildman–Crippen MR) is 472 cm³/mol. The number of phosphoric ester groups is 2. The van der Waals surface area contributed by atoms with Gasteiger partial charge in [-0.2, -0.15) is 0 Å². The predicted octanol–water partition coefficient (Wildman–Crippen LogP) is 27.1. The van der Waals surface area contributed by atoms with Crippen LogP contribution in [-0.4, -0.2) is 95.9 Å². The first-order valence-corrected chi connectivity index (χ1v) is 47.4. The van der Waals surface area contributed by atoms with Gasteiger partial charge in [0.2, 0.25) is 0 Å². The monoisotopic (exact) mass is 1620 g/mol. The van der Waals surface area contributed by atoms with Gasteiger partial charge in [0.05, 0.1) is 26.4 Å². The Labute approximate surface area is 688 Å². The van der Waals surface area contributed by atoms with Crippen LogP contribution < -0.4 is 0 Å². The normalized spacial score (nSPS) is 14.6. The minimum absolute atomic E-state index is 0.0760. The van der Waals surface area contributed by atoms with E-state index in [0.717, 1.165) is 186 Å². The second-order valence-electron chi connectivity index (χ2n) is 29.3. The third kappa shape index (κ3) is 87.6. The van der Waals surface area contributed by atoms with Crippen LogP contribution in [0.5, 0.6) is 0 Å². The van der Waals surface area contributed by atoms with Crippen LogP contribution in [0.3, 0.4) is 0 Å². The molecule has 0 spiro atoms. The molecule has 0 amide bonds. The largest absolute Gasteiger partial charge is 0.472 e. The number of ether oxygens (including phenoxy) is 3. The molecule has 4 N–H and O–H groups in total. The van der Waals surface area contributed by atoms with Crippen molar-refractivity contribution in [2.75, 3.05) is 39.6 Å². The maximum Gasteiger partial charge on any atom is 0.472 e. The fourth-order valence-electron chi connectivity index (χ4n) is 11.7. The van der Waals surface area contributed by atoms with E-state index in [9.17, 15) is 43.5 Å². The molecule has 0 bridgehead atoms. The molecular weight excluding hydrogens is 1460 g/mol. The lowest BCUT2D eigenvalue weighted by atomic mass is 10.0. The number of esters is 3. The lowest BCUT2D eigenvalue weighted by Gasteiger charge is -2.21. The fraction of sp³-hybridized carbons (Fsp3) is 0.674. The van der Waals surface area contributed by atoms with Crippen LogP contribution >= 0.6 is 15.6 Å². The summed E-state index contributed by atoms with van der Waals surface area (Å²) in [5.74, 6) is -1.61. The average Bonchev–Trinajstić information content (AvgIpc) is 0.898. The molecule has 0 heterocycles. The molecule has 646 valence electrons. The van der Waals surface area contributed by atoms with E-state index in [1.165, 1.54) is 109 Å². The molecule has 18 heteroatoms. The van der Waals surface area contributed by atoms with Gasteiger partial charge in [0, 0.05) is 19.3 Å². The summed E-state index contributed by atoms with van der Waals surface area (Å²) in [5.41, 5.74) is 0. The summed E-state index contributed by atoms with van der Waals surface area (Å²) in [6, 6.07) is 0. The summed E-state index contributed by atoms with van der Waals surface area (Å²) in [6.07, 6.45) is 111. The molecule has 0 aromatic rings. The van der Waals surface area contributed by atoms with Crippen molar-refractivity contribution >= 4 is 33.6 Å². The van der Waals surface area contributed by atoms with Crippen molar-refractivity contribution in [3.05, 3.63) is 170 Å². The highest BCUT2D eigenvalue weighted by Gasteiger charge is 2.29. The number of hydrogen-bond donors (Lipinski definition) is 4. The minimum atomic E-state index is -4.95. The standard InChI is InChI=1S/C95H160O16P2/c1-4-7-10-13-16-19-22-25-28-31-34-37-39-41-43-44-46-48-49-52-54-57-60-63-66-69-72-75-78-81-93(98)105-84-90(96)85-107-112(101,102)108-86-91(97)87-109-113(103,104)110-89-92(111-95(100)83-80-77-74-71-68-65-62-59-56-51-36-33-30-27-24-21-18-15-12-9-6-3)88-106-94(99)82-79-76-73-70-67-64-61-58-55-53-50-47-45-42-40-38-35-32-29-26-23-20-17-14-11-8-5-2/h8,11,16-21,25-30,34-38,41-43,45,50-51,53,59,62,90-92,96-97H,4-7,9-10,12-15,22-24,31-33,39-40,44,46-49,52,54-58,60-61,63-89H2,1-3H3,(H,101,102)(H,103,104)/b11-8-,19-16-,20-17-,21-18-,28-25-,29-26-,30-27-,37-34-,38-35-,43-41-,45-42-,51-36-,53-50-,62-59-. The summed E-state index contributed by atoms with van der Waals surface area (Å²) in [5, 5.41) is 20.7. The second kappa shape index (κ2) is 86.3. The van der Waals surface area contributed by atoms with Gasteiger partial charge in [0.1, 0.15) is 25.4 Å². The Morgan fingerprint density at radius 1 is 0.257 bits per heavy atom. The van der Waals surface area contributed by atoms with Gasteiger partial charge in [-0.25, -0.2) is 9.13 Å². The first-order chi connectivity index (χ1) is 55.2. The first kappa shape index (κ1) is 108. The Bertz CT molecular complexity index is 2730. The first-order valence-electron chi connectivity index (χ1n) is 44.4. The SMILES string of the molecule is CC/C=C\C/C=C\C/C=C\C/C=C\C/C=C\C/C=C\CCCCCCCCCCC(=O)OCC(COP(=O)(O)OCC(O)COP(=O)(O)OCC(O)COC(=O)CCCCCCCCCCCCCCC/C=C\C/C=C\C/C=C\C/C=C\CCCCC)OC(=O)CCCCCCC/C=C\C/C=C\C/C=C\C/C=C\CCCCC. The Balaban J connectivity index is 4.66. The maximum absolute atomic E-state index is 13.0. The number of allylic oxidation sites excluding steroid dienone is 28. The van der Waals surface area contributed by atoms with Crippen molar-refractivity contribution < 1.29 is 75.8 Å². The van der Waals surface area contributed by atoms with E-state index in [4.69, 9.17) is 32.3 Å². The number of carbonyl (C=O) groups excluding carboxylic acids is 3. The number of rotatable bonds is 83. The van der Waals surface area contributed by atoms with Gasteiger partial charge in [-0.3, -0.25) is 32.5 Å². The van der Waals surface area contributed by atoms with Crippen molar-refractivity contribution in [3.8, 4) is 0 Å². The number of aliphatic hydroxyl groups excluding tert-OH is 2. The third-order valence-electron chi connectivity index (χ3n) is 18.4. The molecule has 0 rings (SSSR count). The molecule has 5 unspecified atom stereocenters. The Kier molecular flexibility index (Phi) is 82.4. The van der Waals surface area contributed by atoms with Crippen molar-refractivity contribution in [2.24, 2.45) is 0 Å². The molecule has 0 aliphatic carbocycles. The van der Waals surface area contributed by atoms with Crippen molar-refractivity contribution in [2.45, 2.75) is 373 Å². The molecule has 0 radical (unpaired) electrons. The molecule has 0 aromatic heterocycles. The fourth-order valence-corrected chi connectivity index (χ4v) is 13.2. The van der Waals surface area contributed by atoms with Gasteiger partial charge in [-0.15, -0.1) is 0 Å². The van der Waals surface area contributed by atoms with Gasteiger partial charge in [0.15, 0.2) is 6.10 Å². The molecule has 0 saturated heterocycles. The van der Waals surface area contributed by atoms with Crippen LogP contribution in [0, 0.1) is 0 Å². The zero-order valence-corrected chi connectivity index (χ0v) is 72.8. The topological polar surface area (TPSA) is 231 Å². The van der Waals surface area contributed by atoms with Crippen LogP contribution in [0.2, 0.25) is 0 Å². The molecule has 5 atom stereocenters. The quantitative estimate of drug-likeness (QED) is 0.0146. The number of aliphatic hydroxyl groups is 2. The van der Waals surface area contributed by atoms with Gasteiger partial charge in [-0.05, 0) is 161 Å². The highest BCUT2D eigenvalue weighted by Crippen LogP contribution is 2.45. The third-order valence-corrected chi connectivity index (χ3v) is 20.3. The summed E-state index contributed by atoms with van der Waals surface area (Å²) in [6.45, 7) is 2.50. The number of carbonyl (C=O) groups is 3. The molecule has 0 aromatic carbocycles. The van der Waals surface area contributed by atoms with Crippen LogP contribution in [0.4, 0.5) is 0 Å². The zero-order valence-electron chi connectivity index (χ0n) is 71.0. The molecule has 0 aliphatic heterocycles. The maximum atomic E-state index is 13.0. The van der Waals surface area contributed by atoms with E-state index in [0.29, 0.717) is 19.3 Å². The smallest absolute Gasteiger partial charge is 0.463 e. The summed E-state index contributed by atoms with van der Waals surface area (Å²) in [7, 11) is -9.82. The van der Waals surface area contributed by atoms with E-state index in [1.54, 1.807) is 0 Å². The number of unbranched alkanes of at least 4 members (excludes halogenated alkanes) is 32. The van der Waals surface area contributed by atoms with E-state index >= 15 is 0 Å². The van der Waals surface area contributed by atoms with E-state index in [-0.39, 0.29) is 19.3 Å². The average molecular weight is 1620 g/mol. The van der Waals surface area contributed by atoms with Gasteiger partial charge < -0.3 is 34.2 Å². The highest BCUT2D eigenvalue weighted by molar-refractivity contribution is 7.47. The number of hydrogen-bond acceptors (Lipinski definition) is 14. The van der Waals surface area contributed by atoms with Gasteiger partial charge >= 0.3 is 33.6 Å². The van der Waals surface area contributed by atoms with Crippen LogP contribution in [0.1, 0.15) is 355 Å². The van der Waals surface area contributed by atoms with Crippen LogP contribution in [0.25, 0.3) is 0 Å². The summed E-state index contributed by atoms with van der Waals surface area (Å²) in [4.78, 5) is 58.9. The number of phosphoric acid groups is 2. The molecular formula is C95H160O16P2. The molecule has 0 fully saturated rings. The van der Waals surface area contributed by atoms with Crippen molar-refractivity contribution in [1.82, 2.24) is 0 Å². The Hall–Kier alpha value is -5.09. The lowest BCUT2D eigenvalue weighted by molar-refractivity contribution is -0.161. The van der Waals surface area contributed by atoms with E-state index in [1.807, 2.05) is 0 Å². The van der Waals surface area contributed by atoms with Crippen LogP contribution in [-0.2, 0) is 55.8 Å². The molecule has 16 nitrogen and oxygen atoms in total. The Morgan fingerprint density at radius 3 is 0.743 bits per heavy atom. The highest BCUT2D eigenvalue weighted by atomic mass is 31.2. The van der Waals surface area contributed by atoms with E-state index < -0.39 is 91.5 Å². The second-order valence-corrected chi connectivity index (χ2v) is 32.2. The summed E-state index contributed by atoms with van der Waals surface area (Å²) < 4.78 is 61.4. The van der Waals surface area contributed by atoms with E-state index in [2.05, 4.69) is 191 Å². The van der Waals surface area contributed by atoms with Crippen LogP contribution in [0.15, 0.2) is 170 Å². The lowest BCUT2D eigenvalue weighted by Crippen LogP contribution is -2.30. The Morgan fingerprint density at radius 2 is 0.469 bits per heavy atom. The summed E-state index contributed by atoms with van der Waals surface area (Å²) >= 11 is 0. The molecule has 0 saturated carbocycles. The molecule has 113 heavy (non-hydrogen) atoms.